The third-order valence-corrected chi connectivity index (χ3v) is 3.00. The minimum absolute atomic E-state index is 0.0962. The number of ether oxygens (including phenoxy) is 1. The van der Waals surface area contributed by atoms with E-state index in [1.807, 2.05) is 0 Å². The maximum atomic E-state index is 11.5. The van der Waals surface area contributed by atoms with Crippen LogP contribution in [0.15, 0.2) is 11.8 Å². The molecule has 1 fully saturated rings. The fourth-order valence-corrected chi connectivity index (χ4v) is 2.14. The Balaban J connectivity index is 2.54. The highest BCUT2D eigenvalue weighted by molar-refractivity contribution is 5.90. The van der Waals surface area contributed by atoms with E-state index in [0.29, 0.717) is 12.3 Å². The maximum absolute atomic E-state index is 11.5. The summed E-state index contributed by atoms with van der Waals surface area (Å²) in [6, 6.07) is 0. The monoisotopic (exact) mass is 269 g/mol. The molecule has 0 aliphatic heterocycles. The molecule has 1 rings (SSSR count). The van der Waals surface area contributed by atoms with Crippen LogP contribution in [0, 0.1) is 5.92 Å². The highest BCUT2D eigenvalue weighted by Crippen LogP contribution is 2.28. The summed E-state index contributed by atoms with van der Waals surface area (Å²) in [5.74, 6) is -0.598. The molecule has 108 valence electrons. The van der Waals surface area contributed by atoms with Crippen LogP contribution in [0.1, 0.15) is 52.9 Å². The molecule has 1 aliphatic rings. The van der Waals surface area contributed by atoms with Crippen LogP contribution in [0.4, 0.5) is 4.79 Å². The van der Waals surface area contributed by atoms with Crippen LogP contribution in [0.5, 0.6) is 0 Å². The number of rotatable bonds is 4. The predicted octanol–water partition coefficient (Wildman–Crippen LogP) is 3.06. The number of allylic oxidation sites excluding steroid dienone is 1. The minimum atomic E-state index is -1.14. The lowest BCUT2D eigenvalue weighted by molar-refractivity contribution is -0.133. The van der Waals surface area contributed by atoms with Gasteiger partial charge in [0.25, 0.3) is 0 Å². The van der Waals surface area contributed by atoms with Crippen molar-refractivity contribution in [1.82, 2.24) is 5.32 Å². The number of alkyl carbamates (subject to hydrolysis) is 1. The van der Waals surface area contributed by atoms with Gasteiger partial charge in [0, 0.05) is 0 Å². The normalized spacial score (nSPS) is 17.3. The summed E-state index contributed by atoms with van der Waals surface area (Å²) in [7, 11) is 0. The van der Waals surface area contributed by atoms with E-state index in [1.165, 1.54) is 12.8 Å². The van der Waals surface area contributed by atoms with E-state index in [2.05, 4.69) is 5.32 Å². The fraction of sp³-hybridized carbons (Fsp3) is 0.714. The second kappa shape index (κ2) is 6.59. The lowest BCUT2D eigenvalue weighted by Gasteiger charge is -2.19. The average molecular weight is 269 g/mol. The number of carboxylic acid groups (broad SMARTS) is 1. The van der Waals surface area contributed by atoms with Gasteiger partial charge in [0.1, 0.15) is 11.3 Å². The molecule has 19 heavy (non-hydrogen) atoms. The van der Waals surface area contributed by atoms with Crippen molar-refractivity contribution < 1.29 is 19.4 Å². The van der Waals surface area contributed by atoms with Crippen LogP contribution in [0.2, 0.25) is 0 Å². The molecular weight excluding hydrogens is 246 g/mol. The van der Waals surface area contributed by atoms with Crippen molar-refractivity contribution in [2.45, 2.75) is 58.5 Å². The Labute approximate surface area is 114 Å². The number of amides is 1. The third kappa shape index (κ3) is 6.27. The number of hydrogen-bond donors (Lipinski definition) is 2. The zero-order chi connectivity index (χ0) is 14.5. The summed E-state index contributed by atoms with van der Waals surface area (Å²) < 4.78 is 5.04. The number of aliphatic carboxylic acids is 1. The Morgan fingerprint density at radius 2 is 1.89 bits per heavy atom. The molecule has 1 aliphatic carbocycles. The first-order chi connectivity index (χ1) is 8.78. The first-order valence-corrected chi connectivity index (χ1v) is 6.71. The molecule has 0 spiro atoms. The van der Waals surface area contributed by atoms with E-state index in [4.69, 9.17) is 9.84 Å². The molecule has 0 aromatic rings. The number of carbonyl (C=O) groups excluding carboxylic acids is 1. The summed E-state index contributed by atoms with van der Waals surface area (Å²) in [6.45, 7) is 5.19. The van der Waals surface area contributed by atoms with Gasteiger partial charge in [-0.2, -0.15) is 0 Å². The SMILES string of the molecule is CC(C)(C)OC(=O)N/C(=C\CC1CCCC1)C(=O)O. The van der Waals surface area contributed by atoms with Gasteiger partial charge in [0.15, 0.2) is 0 Å². The van der Waals surface area contributed by atoms with Gasteiger partial charge in [-0.3, -0.25) is 5.32 Å². The Bertz CT molecular complexity index is 362. The topological polar surface area (TPSA) is 75.6 Å². The molecule has 5 nitrogen and oxygen atoms in total. The molecule has 0 bridgehead atoms. The van der Waals surface area contributed by atoms with Crippen molar-refractivity contribution in [2.24, 2.45) is 5.92 Å². The molecule has 0 radical (unpaired) electrons. The minimum Gasteiger partial charge on any atom is -0.477 e. The van der Waals surface area contributed by atoms with Crippen LogP contribution in [0.25, 0.3) is 0 Å². The van der Waals surface area contributed by atoms with Crippen LogP contribution in [-0.2, 0) is 9.53 Å². The molecule has 0 saturated heterocycles. The lowest BCUT2D eigenvalue weighted by Crippen LogP contribution is -2.34. The van der Waals surface area contributed by atoms with Crippen molar-refractivity contribution in [2.75, 3.05) is 0 Å². The molecule has 1 saturated carbocycles. The van der Waals surface area contributed by atoms with E-state index in [-0.39, 0.29) is 5.70 Å². The van der Waals surface area contributed by atoms with E-state index in [0.717, 1.165) is 12.8 Å². The number of carbonyl (C=O) groups is 2. The maximum Gasteiger partial charge on any atom is 0.412 e. The quantitative estimate of drug-likeness (QED) is 0.769. The smallest absolute Gasteiger partial charge is 0.412 e. The van der Waals surface area contributed by atoms with Gasteiger partial charge in [-0.25, -0.2) is 9.59 Å². The summed E-state index contributed by atoms with van der Waals surface area (Å²) >= 11 is 0. The zero-order valence-electron chi connectivity index (χ0n) is 11.9. The van der Waals surface area contributed by atoms with E-state index in [1.54, 1.807) is 26.8 Å². The summed E-state index contributed by atoms with van der Waals surface area (Å²) in [5.41, 5.74) is -0.736. The van der Waals surface area contributed by atoms with Gasteiger partial charge >= 0.3 is 12.1 Å². The van der Waals surface area contributed by atoms with Gasteiger partial charge < -0.3 is 9.84 Å². The predicted molar refractivity (Wildman–Crippen MR) is 71.7 cm³/mol. The Kier molecular flexibility index (Phi) is 5.39. The van der Waals surface area contributed by atoms with Gasteiger partial charge in [0.2, 0.25) is 0 Å². The lowest BCUT2D eigenvalue weighted by atomic mass is 10.0. The Morgan fingerprint density at radius 3 is 2.37 bits per heavy atom. The number of carboxylic acids is 1. The van der Waals surface area contributed by atoms with E-state index >= 15 is 0 Å². The second-order valence-electron chi connectivity index (χ2n) is 5.94. The first kappa shape index (κ1) is 15.5. The van der Waals surface area contributed by atoms with Crippen LogP contribution in [0.3, 0.4) is 0 Å². The second-order valence-corrected chi connectivity index (χ2v) is 5.94. The molecule has 1 amide bonds. The summed E-state index contributed by atoms with van der Waals surface area (Å²) in [4.78, 5) is 22.6. The number of hydrogen-bond acceptors (Lipinski definition) is 3. The van der Waals surface area contributed by atoms with Crippen LogP contribution in [-0.4, -0.2) is 22.8 Å². The molecule has 0 unspecified atom stereocenters. The summed E-state index contributed by atoms with van der Waals surface area (Å²) in [6.07, 6.45) is 6.24. The molecular formula is C14H23NO4. The third-order valence-electron chi connectivity index (χ3n) is 3.00. The molecule has 0 heterocycles. The van der Waals surface area contributed by atoms with Crippen molar-refractivity contribution in [3.63, 3.8) is 0 Å². The van der Waals surface area contributed by atoms with Gasteiger partial charge in [-0.15, -0.1) is 0 Å². The molecule has 0 aromatic carbocycles. The highest BCUT2D eigenvalue weighted by atomic mass is 16.6. The number of nitrogens with one attached hydrogen (secondary N) is 1. The largest absolute Gasteiger partial charge is 0.477 e. The van der Waals surface area contributed by atoms with Crippen molar-refractivity contribution in [3.8, 4) is 0 Å². The van der Waals surface area contributed by atoms with Crippen LogP contribution < -0.4 is 5.32 Å². The average Bonchev–Trinajstić information content (AvgIpc) is 2.73. The van der Waals surface area contributed by atoms with Gasteiger partial charge in [-0.05, 0) is 33.1 Å². The van der Waals surface area contributed by atoms with E-state index in [9.17, 15) is 9.59 Å². The molecule has 0 atom stereocenters. The summed E-state index contributed by atoms with van der Waals surface area (Å²) in [5, 5.41) is 11.4. The van der Waals surface area contributed by atoms with Crippen molar-refractivity contribution >= 4 is 12.1 Å². The van der Waals surface area contributed by atoms with Gasteiger partial charge in [0.05, 0.1) is 0 Å². The van der Waals surface area contributed by atoms with Crippen LogP contribution >= 0.6 is 0 Å². The highest BCUT2D eigenvalue weighted by Gasteiger charge is 2.20. The Hall–Kier alpha value is -1.52. The molecule has 5 heteroatoms. The Morgan fingerprint density at radius 1 is 1.32 bits per heavy atom. The fourth-order valence-electron chi connectivity index (χ4n) is 2.14. The zero-order valence-corrected chi connectivity index (χ0v) is 11.9. The molecule has 0 aromatic heterocycles. The molecule has 2 N–H and O–H groups in total. The first-order valence-electron chi connectivity index (χ1n) is 6.71. The van der Waals surface area contributed by atoms with Gasteiger partial charge in [-0.1, -0.05) is 31.8 Å². The van der Waals surface area contributed by atoms with E-state index < -0.39 is 17.7 Å². The van der Waals surface area contributed by atoms with Crippen molar-refractivity contribution in [1.29, 1.82) is 0 Å². The standard InChI is InChI=1S/C14H23NO4/c1-14(2,3)19-13(18)15-11(12(16)17)9-8-10-6-4-5-7-10/h9-10H,4-8H2,1-3H3,(H,15,18)(H,16,17)/b11-9-. The van der Waals surface area contributed by atoms with Crippen molar-refractivity contribution in [3.05, 3.63) is 11.8 Å².